The van der Waals surface area contributed by atoms with Crippen LogP contribution in [0.25, 0.3) is 0 Å². The quantitative estimate of drug-likeness (QED) is 0.772. The van der Waals surface area contributed by atoms with Crippen LogP contribution in [0, 0.1) is 0 Å². The normalized spacial score (nSPS) is 14.3. The van der Waals surface area contributed by atoms with E-state index in [0.717, 1.165) is 37.0 Å². The minimum absolute atomic E-state index is 0.210. The number of nitrogens with zero attached hydrogens (tertiary/aromatic N) is 1. The highest BCUT2D eigenvalue weighted by atomic mass is 16.5. The molecular formula is C22H27N3O3. The molecule has 1 saturated carbocycles. The van der Waals surface area contributed by atoms with Crippen LogP contribution in [0.4, 0.5) is 0 Å². The third-order valence-electron chi connectivity index (χ3n) is 4.99. The molecule has 0 aliphatic heterocycles. The van der Waals surface area contributed by atoms with E-state index in [9.17, 15) is 9.59 Å². The number of carbonyl (C=O) groups is 2. The number of benzene rings is 1. The van der Waals surface area contributed by atoms with Gasteiger partial charge in [-0.15, -0.1) is 0 Å². The zero-order valence-electron chi connectivity index (χ0n) is 16.2. The second-order valence-corrected chi connectivity index (χ2v) is 7.07. The molecule has 0 atom stereocenters. The Labute approximate surface area is 165 Å². The lowest BCUT2D eigenvalue weighted by atomic mass is 9.95. The number of aromatic nitrogens is 1. The number of carbonyl (C=O) groups excluding carboxylic acids is 2. The van der Waals surface area contributed by atoms with Gasteiger partial charge in [0.15, 0.2) is 0 Å². The van der Waals surface area contributed by atoms with Crippen LogP contribution in [0.1, 0.15) is 58.6 Å². The predicted molar refractivity (Wildman–Crippen MR) is 108 cm³/mol. The Morgan fingerprint density at radius 1 is 1.04 bits per heavy atom. The van der Waals surface area contributed by atoms with Gasteiger partial charge in [0.25, 0.3) is 11.8 Å². The molecule has 2 amide bonds. The van der Waals surface area contributed by atoms with E-state index in [-0.39, 0.29) is 29.2 Å². The van der Waals surface area contributed by atoms with E-state index < -0.39 is 0 Å². The first-order valence-corrected chi connectivity index (χ1v) is 9.85. The number of hydrogen-bond acceptors (Lipinski definition) is 4. The van der Waals surface area contributed by atoms with Crippen LogP contribution in [0.5, 0.6) is 5.75 Å². The molecule has 3 rings (SSSR count). The highest BCUT2D eigenvalue weighted by Gasteiger charge is 2.18. The van der Waals surface area contributed by atoms with Crippen molar-refractivity contribution in [3.8, 4) is 5.75 Å². The molecule has 0 radical (unpaired) electrons. The number of nitrogens with one attached hydrogen (secondary N) is 2. The van der Waals surface area contributed by atoms with E-state index in [1.807, 2.05) is 24.3 Å². The van der Waals surface area contributed by atoms with Crippen molar-refractivity contribution in [2.75, 3.05) is 13.7 Å². The standard InChI is InChI=1S/C22H27N3O3/c1-28-18-10-5-7-16(15-18)13-14-23-21(26)19-11-6-12-20(25-19)22(27)24-17-8-3-2-4-9-17/h5-7,10-12,15,17H,2-4,8-9,13-14H2,1H3,(H,23,26)(H,24,27). The Hall–Kier alpha value is -2.89. The smallest absolute Gasteiger partial charge is 0.270 e. The molecule has 1 heterocycles. The van der Waals surface area contributed by atoms with Crippen LogP contribution in [0.3, 0.4) is 0 Å². The van der Waals surface area contributed by atoms with E-state index >= 15 is 0 Å². The first kappa shape index (κ1) is 19.9. The second-order valence-electron chi connectivity index (χ2n) is 7.07. The number of pyridine rings is 1. The largest absolute Gasteiger partial charge is 0.497 e. The summed E-state index contributed by atoms with van der Waals surface area (Å²) >= 11 is 0. The highest BCUT2D eigenvalue weighted by Crippen LogP contribution is 2.17. The van der Waals surface area contributed by atoms with Gasteiger partial charge in [-0.2, -0.15) is 0 Å². The predicted octanol–water partition coefficient (Wildman–Crippen LogP) is 3.13. The Morgan fingerprint density at radius 3 is 2.50 bits per heavy atom. The molecule has 1 aliphatic carbocycles. The van der Waals surface area contributed by atoms with Gasteiger partial charge in [0.1, 0.15) is 17.1 Å². The first-order valence-electron chi connectivity index (χ1n) is 9.85. The zero-order chi connectivity index (χ0) is 19.8. The summed E-state index contributed by atoms with van der Waals surface area (Å²) in [4.78, 5) is 29.1. The Kier molecular flexibility index (Phi) is 7.00. The van der Waals surface area contributed by atoms with Gasteiger partial charge in [0.05, 0.1) is 7.11 Å². The fraction of sp³-hybridized carbons (Fsp3) is 0.409. The van der Waals surface area contributed by atoms with E-state index in [4.69, 9.17) is 4.74 Å². The van der Waals surface area contributed by atoms with Gasteiger partial charge in [-0.3, -0.25) is 9.59 Å². The molecule has 2 N–H and O–H groups in total. The van der Waals surface area contributed by atoms with Crippen LogP contribution in [0.15, 0.2) is 42.5 Å². The van der Waals surface area contributed by atoms with Crippen molar-refractivity contribution in [3.05, 3.63) is 59.4 Å². The molecule has 1 fully saturated rings. The van der Waals surface area contributed by atoms with Gasteiger partial charge in [0.2, 0.25) is 0 Å². The van der Waals surface area contributed by atoms with Crippen molar-refractivity contribution in [1.82, 2.24) is 15.6 Å². The van der Waals surface area contributed by atoms with Gasteiger partial charge in [-0.05, 0) is 49.1 Å². The molecule has 0 unspecified atom stereocenters. The summed E-state index contributed by atoms with van der Waals surface area (Å²) in [6.45, 7) is 0.478. The highest BCUT2D eigenvalue weighted by molar-refractivity contribution is 5.96. The summed E-state index contributed by atoms with van der Waals surface area (Å²) in [7, 11) is 1.63. The van der Waals surface area contributed by atoms with Crippen LogP contribution in [0.2, 0.25) is 0 Å². The monoisotopic (exact) mass is 381 g/mol. The van der Waals surface area contributed by atoms with Crippen molar-refractivity contribution < 1.29 is 14.3 Å². The number of hydrogen-bond donors (Lipinski definition) is 2. The van der Waals surface area contributed by atoms with Crippen molar-refractivity contribution in [1.29, 1.82) is 0 Å². The molecule has 1 aromatic heterocycles. The van der Waals surface area contributed by atoms with Crippen molar-refractivity contribution >= 4 is 11.8 Å². The molecule has 0 bridgehead atoms. The number of methoxy groups -OCH3 is 1. The maximum atomic E-state index is 12.4. The Morgan fingerprint density at radius 2 is 1.75 bits per heavy atom. The third kappa shape index (κ3) is 5.55. The molecule has 6 nitrogen and oxygen atoms in total. The number of amides is 2. The zero-order valence-corrected chi connectivity index (χ0v) is 16.2. The molecule has 2 aromatic rings. The van der Waals surface area contributed by atoms with Crippen LogP contribution >= 0.6 is 0 Å². The van der Waals surface area contributed by atoms with Crippen LogP contribution in [-0.2, 0) is 6.42 Å². The minimum Gasteiger partial charge on any atom is -0.497 e. The Bertz CT molecular complexity index is 816. The van der Waals surface area contributed by atoms with Crippen molar-refractivity contribution in [2.45, 2.75) is 44.6 Å². The minimum atomic E-state index is -0.282. The third-order valence-corrected chi connectivity index (χ3v) is 4.99. The van der Waals surface area contributed by atoms with E-state index in [1.54, 1.807) is 25.3 Å². The Balaban J connectivity index is 1.53. The van der Waals surface area contributed by atoms with Crippen molar-refractivity contribution in [2.24, 2.45) is 0 Å². The summed E-state index contributed by atoms with van der Waals surface area (Å²) in [6.07, 6.45) is 6.23. The second kappa shape index (κ2) is 9.88. The molecule has 1 aliphatic rings. The molecule has 0 spiro atoms. The first-order chi connectivity index (χ1) is 13.7. The average Bonchev–Trinajstić information content (AvgIpc) is 2.74. The summed E-state index contributed by atoms with van der Waals surface area (Å²) in [5.74, 6) is 0.301. The van der Waals surface area contributed by atoms with E-state index in [0.29, 0.717) is 13.0 Å². The van der Waals surface area contributed by atoms with Gasteiger partial charge >= 0.3 is 0 Å². The summed E-state index contributed by atoms with van der Waals surface area (Å²) < 4.78 is 5.21. The summed E-state index contributed by atoms with van der Waals surface area (Å²) in [6, 6.07) is 12.9. The lowest BCUT2D eigenvalue weighted by Gasteiger charge is -2.22. The molecule has 6 heteroatoms. The number of rotatable bonds is 7. The van der Waals surface area contributed by atoms with Crippen LogP contribution in [-0.4, -0.2) is 36.5 Å². The molecule has 0 saturated heterocycles. The van der Waals surface area contributed by atoms with E-state index in [1.165, 1.54) is 6.42 Å². The van der Waals surface area contributed by atoms with Gasteiger partial charge in [0, 0.05) is 12.6 Å². The number of ether oxygens (including phenoxy) is 1. The molecular weight excluding hydrogens is 354 g/mol. The van der Waals surface area contributed by atoms with E-state index in [2.05, 4.69) is 15.6 Å². The average molecular weight is 381 g/mol. The maximum absolute atomic E-state index is 12.4. The fourth-order valence-electron chi connectivity index (χ4n) is 3.43. The molecule has 148 valence electrons. The lowest BCUT2D eigenvalue weighted by molar-refractivity contribution is 0.0922. The van der Waals surface area contributed by atoms with Crippen LogP contribution < -0.4 is 15.4 Å². The van der Waals surface area contributed by atoms with Gasteiger partial charge in [-0.25, -0.2) is 4.98 Å². The topological polar surface area (TPSA) is 80.3 Å². The van der Waals surface area contributed by atoms with Crippen molar-refractivity contribution in [3.63, 3.8) is 0 Å². The summed E-state index contributed by atoms with van der Waals surface area (Å²) in [5, 5.41) is 5.89. The molecule has 28 heavy (non-hydrogen) atoms. The van der Waals surface area contributed by atoms with Gasteiger partial charge < -0.3 is 15.4 Å². The maximum Gasteiger partial charge on any atom is 0.270 e. The molecule has 1 aromatic carbocycles. The SMILES string of the molecule is COc1cccc(CCNC(=O)c2cccc(C(=O)NC3CCCCC3)n2)c1. The summed E-state index contributed by atoms with van der Waals surface area (Å²) in [5.41, 5.74) is 1.61. The fourth-order valence-corrected chi connectivity index (χ4v) is 3.43. The van der Waals surface area contributed by atoms with Gasteiger partial charge in [-0.1, -0.05) is 37.5 Å². The lowest BCUT2D eigenvalue weighted by Crippen LogP contribution is -2.37.